The normalized spacial score (nSPS) is 10.7. The number of hydrogen-bond acceptors (Lipinski definition) is 1. The van der Waals surface area contributed by atoms with Crippen molar-refractivity contribution in [3.8, 4) is 33.4 Å². The van der Waals surface area contributed by atoms with Gasteiger partial charge in [-0.25, -0.2) is 0 Å². The molecule has 0 atom stereocenters. The van der Waals surface area contributed by atoms with Crippen LogP contribution < -0.4 is 5.73 Å². The monoisotopic (exact) mass is 399 g/mol. The molecule has 0 aliphatic carbocycles. The van der Waals surface area contributed by atoms with Crippen molar-refractivity contribution in [2.45, 2.75) is 0 Å². The second-order valence-electron chi connectivity index (χ2n) is 6.22. The van der Waals surface area contributed by atoms with Crippen molar-refractivity contribution in [3.05, 3.63) is 102 Å². The summed E-state index contributed by atoms with van der Waals surface area (Å²) in [6, 6.07) is 33.4. The second kappa shape index (κ2) is 7.19. The van der Waals surface area contributed by atoms with Gasteiger partial charge in [-0.15, -0.1) is 0 Å². The molecule has 26 heavy (non-hydrogen) atoms. The molecule has 0 bridgehead atoms. The van der Waals surface area contributed by atoms with Crippen LogP contribution in [0, 0.1) is 0 Å². The molecule has 0 aliphatic rings. The van der Waals surface area contributed by atoms with E-state index in [1.165, 1.54) is 11.1 Å². The van der Waals surface area contributed by atoms with Gasteiger partial charge in [0.2, 0.25) is 0 Å². The Morgan fingerprint density at radius 2 is 0.885 bits per heavy atom. The van der Waals surface area contributed by atoms with Gasteiger partial charge in [0.1, 0.15) is 0 Å². The fourth-order valence-electron chi connectivity index (χ4n) is 3.19. The summed E-state index contributed by atoms with van der Waals surface area (Å²) in [5.74, 6) is 0. The predicted octanol–water partition coefficient (Wildman–Crippen LogP) is 7.03. The Morgan fingerprint density at radius 3 is 1.42 bits per heavy atom. The third-order valence-electron chi connectivity index (χ3n) is 4.53. The molecule has 2 heteroatoms. The molecule has 0 heterocycles. The van der Waals surface area contributed by atoms with Gasteiger partial charge in [-0.3, -0.25) is 0 Å². The summed E-state index contributed by atoms with van der Waals surface area (Å²) < 4.78 is 1.02. The maximum atomic E-state index is 6.54. The minimum absolute atomic E-state index is 0.798. The summed E-state index contributed by atoms with van der Waals surface area (Å²) >= 11 is 3.64. The largest absolute Gasteiger partial charge is 0.398 e. The van der Waals surface area contributed by atoms with Crippen molar-refractivity contribution in [2.75, 3.05) is 5.73 Å². The standard InChI is InChI=1S/C24H18BrN/c25-21-15-22(19-9-5-2-6-10-19)24(26)23(16-21)20-13-11-18(12-14-20)17-7-3-1-4-8-17/h1-16H,26H2. The summed E-state index contributed by atoms with van der Waals surface area (Å²) in [6.07, 6.45) is 0. The van der Waals surface area contributed by atoms with E-state index in [0.29, 0.717) is 0 Å². The van der Waals surface area contributed by atoms with Crippen LogP contribution in [-0.2, 0) is 0 Å². The van der Waals surface area contributed by atoms with Gasteiger partial charge in [-0.05, 0) is 34.4 Å². The number of halogens is 1. The molecule has 4 aromatic rings. The van der Waals surface area contributed by atoms with Crippen molar-refractivity contribution < 1.29 is 0 Å². The van der Waals surface area contributed by atoms with E-state index >= 15 is 0 Å². The van der Waals surface area contributed by atoms with Crippen molar-refractivity contribution in [1.82, 2.24) is 0 Å². The van der Waals surface area contributed by atoms with Gasteiger partial charge in [0.15, 0.2) is 0 Å². The zero-order valence-corrected chi connectivity index (χ0v) is 15.8. The number of rotatable bonds is 3. The summed E-state index contributed by atoms with van der Waals surface area (Å²) in [5.41, 5.74) is 14.1. The molecule has 126 valence electrons. The number of anilines is 1. The van der Waals surface area contributed by atoms with Crippen LogP contribution in [0.4, 0.5) is 5.69 Å². The van der Waals surface area contributed by atoms with Crippen LogP contribution in [0.5, 0.6) is 0 Å². The maximum Gasteiger partial charge on any atom is 0.0474 e. The molecule has 0 aliphatic heterocycles. The van der Waals surface area contributed by atoms with Crippen LogP contribution in [0.15, 0.2) is 102 Å². The van der Waals surface area contributed by atoms with Gasteiger partial charge >= 0.3 is 0 Å². The van der Waals surface area contributed by atoms with Crippen LogP contribution >= 0.6 is 15.9 Å². The lowest BCUT2D eigenvalue weighted by atomic mass is 9.95. The van der Waals surface area contributed by atoms with Crippen molar-refractivity contribution in [2.24, 2.45) is 0 Å². The first-order valence-corrected chi connectivity index (χ1v) is 9.32. The Hall–Kier alpha value is -2.84. The molecule has 0 amide bonds. The van der Waals surface area contributed by atoms with Gasteiger partial charge in [0.25, 0.3) is 0 Å². The molecule has 0 unspecified atom stereocenters. The minimum atomic E-state index is 0.798. The van der Waals surface area contributed by atoms with Gasteiger partial charge in [0.05, 0.1) is 0 Å². The fourth-order valence-corrected chi connectivity index (χ4v) is 3.64. The maximum absolute atomic E-state index is 6.54. The lowest BCUT2D eigenvalue weighted by Crippen LogP contribution is -1.95. The van der Waals surface area contributed by atoms with E-state index in [0.717, 1.165) is 32.4 Å². The highest BCUT2D eigenvalue weighted by molar-refractivity contribution is 9.10. The van der Waals surface area contributed by atoms with Crippen molar-refractivity contribution >= 4 is 21.6 Å². The summed E-state index contributed by atoms with van der Waals surface area (Å²) in [4.78, 5) is 0. The average Bonchev–Trinajstić information content (AvgIpc) is 2.71. The first-order valence-electron chi connectivity index (χ1n) is 8.53. The van der Waals surface area contributed by atoms with Gasteiger partial charge in [0, 0.05) is 21.3 Å². The van der Waals surface area contributed by atoms with Crippen LogP contribution in [0.2, 0.25) is 0 Å². The summed E-state index contributed by atoms with van der Waals surface area (Å²) in [7, 11) is 0. The van der Waals surface area contributed by atoms with E-state index < -0.39 is 0 Å². The third kappa shape index (κ3) is 3.29. The van der Waals surface area contributed by atoms with E-state index in [4.69, 9.17) is 5.73 Å². The molecule has 1 nitrogen and oxygen atoms in total. The first-order chi connectivity index (χ1) is 12.7. The zero-order chi connectivity index (χ0) is 17.9. The highest BCUT2D eigenvalue weighted by atomic mass is 79.9. The molecule has 0 saturated carbocycles. The van der Waals surface area contributed by atoms with Crippen LogP contribution in [-0.4, -0.2) is 0 Å². The van der Waals surface area contributed by atoms with Crippen molar-refractivity contribution in [1.29, 1.82) is 0 Å². The number of nitrogen functional groups attached to an aromatic ring is 1. The Balaban J connectivity index is 1.78. The molecule has 4 rings (SSSR count). The molecule has 2 N–H and O–H groups in total. The lowest BCUT2D eigenvalue weighted by molar-refractivity contribution is 1.55. The highest BCUT2D eigenvalue weighted by Gasteiger charge is 2.11. The van der Waals surface area contributed by atoms with Crippen LogP contribution in [0.1, 0.15) is 0 Å². The molecule has 0 fully saturated rings. The fraction of sp³-hybridized carbons (Fsp3) is 0. The molecule has 0 spiro atoms. The zero-order valence-electron chi connectivity index (χ0n) is 14.2. The van der Waals surface area contributed by atoms with Gasteiger partial charge in [-0.1, -0.05) is 101 Å². The summed E-state index contributed by atoms with van der Waals surface area (Å²) in [6.45, 7) is 0. The van der Waals surface area contributed by atoms with Crippen molar-refractivity contribution in [3.63, 3.8) is 0 Å². The topological polar surface area (TPSA) is 26.0 Å². The number of nitrogens with two attached hydrogens (primary N) is 1. The predicted molar refractivity (Wildman–Crippen MR) is 115 cm³/mol. The first kappa shape index (κ1) is 16.6. The van der Waals surface area contributed by atoms with E-state index in [1.54, 1.807) is 0 Å². The van der Waals surface area contributed by atoms with E-state index in [1.807, 2.05) is 24.3 Å². The SMILES string of the molecule is Nc1c(-c2ccccc2)cc(Br)cc1-c1ccc(-c2ccccc2)cc1. The van der Waals surface area contributed by atoms with Crippen LogP contribution in [0.3, 0.4) is 0 Å². The molecule has 0 saturated heterocycles. The molecular formula is C24H18BrN. The Labute approximate surface area is 162 Å². The smallest absolute Gasteiger partial charge is 0.0474 e. The molecule has 0 radical (unpaired) electrons. The van der Waals surface area contributed by atoms with E-state index in [-0.39, 0.29) is 0 Å². The lowest BCUT2D eigenvalue weighted by Gasteiger charge is -2.13. The number of benzene rings is 4. The number of hydrogen-bond donors (Lipinski definition) is 1. The van der Waals surface area contributed by atoms with Crippen LogP contribution in [0.25, 0.3) is 33.4 Å². The molecule has 0 aromatic heterocycles. The minimum Gasteiger partial charge on any atom is -0.398 e. The average molecular weight is 400 g/mol. The summed E-state index contributed by atoms with van der Waals surface area (Å²) in [5, 5.41) is 0. The second-order valence-corrected chi connectivity index (χ2v) is 7.14. The molecule has 4 aromatic carbocycles. The van der Waals surface area contributed by atoms with E-state index in [9.17, 15) is 0 Å². The highest BCUT2D eigenvalue weighted by Crippen LogP contribution is 2.38. The third-order valence-corrected chi connectivity index (χ3v) is 4.99. The van der Waals surface area contributed by atoms with Gasteiger partial charge < -0.3 is 5.73 Å². The molecular weight excluding hydrogens is 382 g/mol. The van der Waals surface area contributed by atoms with Gasteiger partial charge in [-0.2, -0.15) is 0 Å². The Morgan fingerprint density at radius 1 is 0.500 bits per heavy atom. The quantitative estimate of drug-likeness (QED) is 0.367. The Kier molecular flexibility index (Phi) is 4.59. The van der Waals surface area contributed by atoms with E-state index in [2.05, 4.69) is 88.7 Å². The Bertz CT molecular complexity index is 1020.